The van der Waals surface area contributed by atoms with E-state index in [4.69, 9.17) is 9.72 Å². The monoisotopic (exact) mass is 603 g/mol. The number of pyridine rings is 3. The summed E-state index contributed by atoms with van der Waals surface area (Å²) < 4.78 is 10.9. The number of hydrogen-bond acceptors (Lipinski definition) is 4. The van der Waals surface area contributed by atoms with E-state index in [0.717, 1.165) is 83.1 Å². The van der Waals surface area contributed by atoms with E-state index in [2.05, 4.69) is 117 Å². The van der Waals surface area contributed by atoms with E-state index in [9.17, 15) is 0 Å². The van der Waals surface area contributed by atoms with Crippen LogP contribution in [0, 0.1) is 0 Å². The zero-order valence-electron chi connectivity index (χ0n) is 25.1. The van der Waals surface area contributed by atoms with Gasteiger partial charge in [0.05, 0.1) is 17.4 Å². The van der Waals surface area contributed by atoms with Crippen molar-refractivity contribution in [3.8, 4) is 33.9 Å². The minimum atomic E-state index is 0.739. The van der Waals surface area contributed by atoms with E-state index >= 15 is 0 Å². The van der Waals surface area contributed by atoms with Crippen molar-refractivity contribution < 1.29 is 4.74 Å². The average molecular weight is 604 g/mol. The SMILES string of the molecule is c1ccc(-c2ccc3c4ccc(Oc5ccc6c7cccnc7n7ccnc7c6c5)cc4c4ncc(-c5ccccc5)n4c3c2)cc1. The Morgan fingerprint density at radius 1 is 0.447 bits per heavy atom. The fourth-order valence-electron chi connectivity index (χ4n) is 6.98. The summed E-state index contributed by atoms with van der Waals surface area (Å²) in [5.74, 6) is 1.48. The molecule has 0 aliphatic rings. The molecule has 10 aromatic rings. The van der Waals surface area contributed by atoms with Gasteiger partial charge < -0.3 is 4.74 Å². The molecule has 0 spiro atoms. The van der Waals surface area contributed by atoms with Crippen molar-refractivity contribution in [1.82, 2.24) is 23.8 Å². The van der Waals surface area contributed by atoms with Crippen LogP contribution in [0.2, 0.25) is 0 Å². The number of hydrogen-bond donors (Lipinski definition) is 0. The molecule has 0 atom stereocenters. The molecule has 47 heavy (non-hydrogen) atoms. The van der Waals surface area contributed by atoms with Gasteiger partial charge in [-0.3, -0.25) is 8.80 Å². The summed E-state index contributed by atoms with van der Waals surface area (Å²) in [4.78, 5) is 14.3. The maximum atomic E-state index is 6.57. The molecule has 6 heteroatoms. The van der Waals surface area contributed by atoms with Gasteiger partial charge in [-0.2, -0.15) is 0 Å². The summed E-state index contributed by atoms with van der Waals surface area (Å²) >= 11 is 0. The molecule has 0 amide bonds. The molecule has 10 rings (SSSR count). The fourth-order valence-corrected chi connectivity index (χ4v) is 6.98. The van der Waals surface area contributed by atoms with Gasteiger partial charge in [0.2, 0.25) is 0 Å². The molecular weight excluding hydrogens is 578 g/mol. The first kappa shape index (κ1) is 25.8. The van der Waals surface area contributed by atoms with Crippen LogP contribution in [0.25, 0.3) is 77.2 Å². The normalized spacial score (nSPS) is 11.8. The summed E-state index contributed by atoms with van der Waals surface area (Å²) in [6, 6.07) is 44.2. The molecule has 5 heterocycles. The molecule has 6 nitrogen and oxygen atoms in total. The largest absolute Gasteiger partial charge is 0.457 e. The van der Waals surface area contributed by atoms with Crippen LogP contribution >= 0.6 is 0 Å². The average Bonchev–Trinajstić information content (AvgIpc) is 3.82. The molecule has 0 fully saturated rings. The van der Waals surface area contributed by atoms with E-state index < -0.39 is 0 Å². The van der Waals surface area contributed by atoms with Gasteiger partial charge in [0.25, 0.3) is 0 Å². The molecule has 220 valence electrons. The van der Waals surface area contributed by atoms with Crippen molar-refractivity contribution in [3.63, 3.8) is 0 Å². The smallest absolute Gasteiger partial charge is 0.146 e. The summed E-state index contributed by atoms with van der Waals surface area (Å²) in [7, 11) is 0. The fraction of sp³-hybridized carbons (Fsp3) is 0. The van der Waals surface area contributed by atoms with Crippen LogP contribution in [-0.4, -0.2) is 23.8 Å². The molecule has 0 unspecified atom stereocenters. The van der Waals surface area contributed by atoms with E-state index in [1.54, 1.807) is 0 Å². The third-order valence-corrected chi connectivity index (χ3v) is 9.11. The van der Waals surface area contributed by atoms with Gasteiger partial charge in [-0.05, 0) is 76.5 Å². The predicted octanol–water partition coefficient (Wildman–Crippen LogP) is 10.1. The Morgan fingerprint density at radius 2 is 1.11 bits per heavy atom. The second-order valence-corrected chi connectivity index (χ2v) is 11.8. The molecule has 0 saturated heterocycles. The lowest BCUT2D eigenvalue weighted by Crippen LogP contribution is -1.95. The lowest BCUT2D eigenvalue weighted by molar-refractivity contribution is 0.484. The Balaban J connectivity index is 1.16. The zero-order chi connectivity index (χ0) is 30.9. The lowest BCUT2D eigenvalue weighted by atomic mass is 10.00. The Bertz CT molecular complexity index is 2820. The van der Waals surface area contributed by atoms with Crippen LogP contribution in [0.5, 0.6) is 11.5 Å². The van der Waals surface area contributed by atoms with Gasteiger partial charge in [-0.1, -0.05) is 72.8 Å². The molecule has 0 aliphatic carbocycles. The zero-order valence-corrected chi connectivity index (χ0v) is 25.1. The summed E-state index contributed by atoms with van der Waals surface area (Å²) in [5, 5.41) is 6.48. The number of nitrogens with zero attached hydrogens (tertiary/aromatic N) is 5. The molecule has 0 bridgehead atoms. The maximum absolute atomic E-state index is 6.57. The Hall–Kier alpha value is -6.53. The number of benzene rings is 5. The number of fused-ring (bicyclic) bond motifs is 12. The van der Waals surface area contributed by atoms with Gasteiger partial charge in [-0.15, -0.1) is 0 Å². The van der Waals surface area contributed by atoms with Crippen molar-refractivity contribution in [2.75, 3.05) is 0 Å². The first-order valence-corrected chi connectivity index (χ1v) is 15.6. The molecular formula is C41H25N5O. The van der Waals surface area contributed by atoms with Crippen molar-refractivity contribution in [3.05, 3.63) is 152 Å². The Morgan fingerprint density at radius 3 is 1.89 bits per heavy atom. The highest BCUT2D eigenvalue weighted by Gasteiger charge is 2.17. The molecule has 0 N–H and O–H groups in total. The second kappa shape index (κ2) is 9.99. The first-order chi connectivity index (χ1) is 23.3. The summed E-state index contributed by atoms with van der Waals surface area (Å²) in [5.41, 5.74) is 8.24. The highest BCUT2D eigenvalue weighted by atomic mass is 16.5. The third kappa shape index (κ3) is 3.95. The highest BCUT2D eigenvalue weighted by molar-refractivity contribution is 6.14. The van der Waals surface area contributed by atoms with Crippen LogP contribution in [0.15, 0.2) is 152 Å². The summed E-state index contributed by atoms with van der Waals surface area (Å²) in [6.45, 7) is 0. The number of ether oxygens (including phenoxy) is 1. The minimum Gasteiger partial charge on any atom is -0.457 e. The first-order valence-electron chi connectivity index (χ1n) is 15.6. The second-order valence-electron chi connectivity index (χ2n) is 11.8. The van der Waals surface area contributed by atoms with Crippen molar-refractivity contribution in [1.29, 1.82) is 0 Å². The van der Waals surface area contributed by atoms with E-state index in [1.165, 1.54) is 5.56 Å². The Kier molecular flexibility index (Phi) is 5.48. The topological polar surface area (TPSA) is 56.7 Å². The van der Waals surface area contributed by atoms with Crippen LogP contribution in [0.4, 0.5) is 0 Å². The standard InChI is InChI=1S/C41H25N5O/c1-3-8-26(9-4-1)28-13-16-33-31-17-14-30(24-36(31)41-44-25-38(46(41)37(33)22-28)27-10-5-2-6-11-27)47-29-15-18-32-34-12-7-19-42-39(34)45-21-20-43-40(45)35(32)23-29/h1-25H. The highest BCUT2D eigenvalue weighted by Crippen LogP contribution is 2.38. The summed E-state index contributed by atoms with van der Waals surface area (Å²) in [6.07, 6.45) is 7.56. The predicted molar refractivity (Wildman–Crippen MR) is 189 cm³/mol. The van der Waals surface area contributed by atoms with Gasteiger partial charge in [0.15, 0.2) is 0 Å². The third-order valence-electron chi connectivity index (χ3n) is 9.11. The molecule has 0 radical (unpaired) electrons. The van der Waals surface area contributed by atoms with Crippen molar-refractivity contribution >= 4 is 54.8 Å². The number of imidazole rings is 2. The molecule has 5 aromatic carbocycles. The van der Waals surface area contributed by atoms with Crippen molar-refractivity contribution in [2.45, 2.75) is 0 Å². The van der Waals surface area contributed by atoms with Gasteiger partial charge in [-0.25, -0.2) is 15.0 Å². The lowest BCUT2D eigenvalue weighted by Gasteiger charge is -2.14. The van der Waals surface area contributed by atoms with Crippen molar-refractivity contribution in [2.24, 2.45) is 0 Å². The van der Waals surface area contributed by atoms with Crippen LogP contribution in [0.3, 0.4) is 0 Å². The number of rotatable bonds is 4. The number of aromatic nitrogens is 5. The molecule has 0 aliphatic heterocycles. The van der Waals surface area contributed by atoms with Crippen LogP contribution in [-0.2, 0) is 0 Å². The van der Waals surface area contributed by atoms with Gasteiger partial charge in [0, 0.05) is 45.7 Å². The molecule has 0 saturated carbocycles. The quantitative estimate of drug-likeness (QED) is 0.188. The maximum Gasteiger partial charge on any atom is 0.146 e. The Labute approximate surface area is 268 Å². The molecule has 5 aromatic heterocycles. The minimum absolute atomic E-state index is 0.739. The van der Waals surface area contributed by atoms with Gasteiger partial charge >= 0.3 is 0 Å². The van der Waals surface area contributed by atoms with E-state index in [-0.39, 0.29) is 0 Å². The van der Waals surface area contributed by atoms with Crippen LogP contribution < -0.4 is 4.74 Å². The van der Waals surface area contributed by atoms with Crippen LogP contribution in [0.1, 0.15) is 0 Å². The van der Waals surface area contributed by atoms with E-state index in [0.29, 0.717) is 0 Å². The van der Waals surface area contributed by atoms with E-state index in [1.807, 2.05) is 53.5 Å². The van der Waals surface area contributed by atoms with Gasteiger partial charge in [0.1, 0.15) is 28.4 Å².